The number of nitrogens with one attached hydrogen (secondary N) is 1. The Bertz CT molecular complexity index is 715. The van der Waals surface area contributed by atoms with Gasteiger partial charge in [-0.3, -0.25) is 4.98 Å². The molecule has 1 N–H and O–H groups in total. The van der Waals surface area contributed by atoms with Crippen LogP contribution in [0.3, 0.4) is 0 Å². The third-order valence-electron chi connectivity index (χ3n) is 5.05. The first-order chi connectivity index (χ1) is 13.2. The summed E-state index contributed by atoms with van der Waals surface area (Å²) in [5.41, 5.74) is 3.15. The highest BCUT2D eigenvalue weighted by Gasteiger charge is 2.17. The number of carbonyl (C=O) groups excluding carboxylic acids is 1. The van der Waals surface area contributed by atoms with E-state index < -0.39 is 0 Å². The summed E-state index contributed by atoms with van der Waals surface area (Å²) in [7, 11) is 0. The van der Waals surface area contributed by atoms with Gasteiger partial charge >= 0.3 is 6.03 Å². The Morgan fingerprint density at radius 3 is 2.81 bits per heavy atom. The number of rotatable bonds is 8. The Hall–Kier alpha value is -2.40. The van der Waals surface area contributed by atoms with Gasteiger partial charge in [0.25, 0.3) is 0 Å². The van der Waals surface area contributed by atoms with E-state index in [4.69, 9.17) is 4.74 Å². The quantitative estimate of drug-likeness (QED) is 0.720. The van der Waals surface area contributed by atoms with Crippen LogP contribution in [-0.4, -0.2) is 35.7 Å². The number of aryl methyl sites for hydroxylation is 1. The largest absolute Gasteiger partial charge is 0.381 e. The number of hydrogen-bond donors (Lipinski definition) is 1. The number of urea groups is 1. The average Bonchev–Trinajstić information content (AvgIpc) is 3.20. The maximum absolute atomic E-state index is 12.8. The predicted molar refractivity (Wildman–Crippen MR) is 106 cm³/mol. The molecule has 2 aromatic rings. The maximum Gasteiger partial charge on any atom is 0.318 e. The molecule has 5 nitrogen and oxygen atoms in total. The molecule has 1 saturated heterocycles. The van der Waals surface area contributed by atoms with E-state index >= 15 is 0 Å². The molecule has 1 unspecified atom stereocenters. The predicted octanol–water partition coefficient (Wildman–Crippen LogP) is 3.92. The highest BCUT2D eigenvalue weighted by molar-refractivity contribution is 5.74. The Morgan fingerprint density at radius 1 is 1.22 bits per heavy atom. The maximum atomic E-state index is 12.8. The second kappa shape index (κ2) is 10.1. The summed E-state index contributed by atoms with van der Waals surface area (Å²) in [6.07, 6.45) is 5.03. The minimum absolute atomic E-state index is 0.0356. The molecule has 0 bridgehead atoms. The van der Waals surface area contributed by atoms with Crippen LogP contribution in [0.25, 0.3) is 0 Å². The lowest BCUT2D eigenvalue weighted by Crippen LogP contribution is -2.40. The number of nitrogens with zero attached hydrogens (tertiary/aromatic N) is 2. The van der Waals surface area contributed by atoms with Gasteiger partial charge in [-0.2, -0.15) is 0 Å². The molecule has 0 aliphatic carbocycles. The monoisotopic (exact) mass is 367 g/mol. The zero-order valence-electron chi connectivity index (χ0n) is 16.1. The Balaban J connectivity index is 1.57. The van der Waals surface area contributed by atoms with E-state index in [1.165, 1.54) is 0 Å². The minimum Gasteiger partial charge on any atom is -0.381 e. The number of hydrogen-bond acceptors (Lipinski definition) is 3. The second-order valence-corrected chi connectivity index (χ2v) is 7.21. The fourth-order valence-electron chi connectivity index (χ4n) is 3.38. The van der Waals surface area contributed by atoms with Gasteiger partial charge in [0.2, 0.25) is 0 Å². The van der Waals surface area contributed by atoms with Crippen molar-refractivity contribution in [2.24, 2.45) is 5.92 Å². The van der Waals surface area contributed by atoms with Gasteiger partial charge in [0.05, 0.1) is 12.2 Å². The molecular formula is C22H29N3O2. The third-order valence-corrected chi connectivity index (χ3v) is 5.05. The summed E-state index contributed by atoms with van der Waals surface area (Å²) in [6, 6.07) is 14.0. The van der Waals surface area contributed by atoms with E-state index in [-0.39, 0.29) is 6.03 Å². The van der Waals surface area contributed by atoms with Crippen LogP contribution in [0.5, 0.6) is 0 Å². The summed E-state index contributed by atoms with van der Waals surface area (Å²) in [5, 5.41) is 3.09. The van der Waals surface area contributed by atoms with E-state index in [0.29, 0.717) is 25.6 Å². The molecule has 1 fully saturated rings. The lowest BCUT2D eigenvalue weighted by Gasteiger charge is -2.24. The van der Waals surface area contributed by atoms with Crippen LogP contribution in [-0.2, 0) is 17.8 Å². The number of pyridine rings is 1. The van der Waals surface area contributed by atoms with Crippen LogP contribution in [0.1, 0.15) is 36.1 Å². The first-order valence-electron chi connectivity index (χ1n) is 9.77. The SMILES string of the molecule is Cc1cccnc1CN(Cc1ccccc1)C(=O)NCCCC1CCOC1. The van der Waals surface area contributed by atoms with Crippen molar-refractivity contribution < 1.29 is 9.53 Å². The van der Waals surface area contributed by atoms with Crippen molar-refractivity contribution in [2.45, 2.75) is 39.3 Å². The molecule has 0 radical (unpaired) electrons. The van der Waals surface area contributed by atoms with Crippen molar-refractivity contribution in [1.82, 2.24) is 15.2 Å². The smallest absolute Gasteiger partial charge is 0.318 e. The fourth-order valence-corrected chi connectivity index (χ4v) is 3.38. The van der Waals surface area contributed by atoms with E-state index in [1.54, 1.807) is 6.20 Å². The van der Waals surface area contributed by atoms with Gasteiger partial charge in [-0.15, -0.1) is 0 Å². The molecule has 0 spiro atoms. The van der Waals surface area contributed by atoms with Crippen LogP contribution in [0, 0.1) is 12.8 Å². The molecule has 3 rings (SSSR count). The first-order valence-corrected chi connectivity index (χ1v) is 9.77. The molecule has 5 heteroatoms. The topological polar surface area (TPSA) is 54.5 Å². The van der Waals surface area contributed by atoms with E-state index in [9.17, 15) is 4.79 Å². The molecular weight excluding hydrogens is 338 g/mol. The number of amides is 2. The number of carbonyl (C=O) groups is 1. The van der Waals surface area contributed by atoms with Crippen molar-refractivity contribution >= 4 is 6.03 Å². The van der Waals surface area contributed by atoms with Crippen molar-refractivity contribution in [3.05, 3.63) is 65.5 Å². The van der Waals surface area contributed by atoms with Gasteiger partial charge in [0.15, 0.2) is 0 Å². The molecule has 2 heterocycles. The van der Waals surface area contributed by atoms with Crippen LogP contribution in [0.15, 0.2) is 48.7 Å². The highest BCUT2D eigenvalue weighted by Crippen LogP contribution is 2.17. The lowest BCUT2D eigenvalue weighted by molar-refractivity contribution is 0.182. The van der Waals surface area contributed by atoms with E-state index in [0.717, 1.165) is 49.3 Å². The van der Waals surface area contributed by atoms with Crippen LogP contribution in [0.4, 0.5) is 4.79 Å². The van der Waals surface area contributed by atoms with Crippen LogP contribution >= 0.6 is 0 Å². The lowest BCUT2D eigenvalue weighted by atomic mass is 10.0. The van der Waals surface area contributed by atoms with Crippen molar-refractivity contribution in [3.8, 4) is 0 Å². The summed E-state index contributed by atoms with van der Waals surface area (Å²) in [4.78, 5) is 19.1. The third kappa shape index (κ3) is 6.07. The molecule has 1 aliphatic heterocycles. The first kappa shape index (κ1) is 19.4. The van der Waals surface area contributed by atoms with Crippen molar-refractivity contribution in [1.29, 1.82) is 0 Å². The van der Waals surface area contributed by atoms with Gasteiger partial charge in [-0.1, -0.05) is 36.4 Å². The summed E-state index contributed by atoms with van der Waals surface area (Å²) in [5.74, 6) is 0.651. The number of ether oxygens (including phenoxy) is 1. The number of benzene rings is 1. The van der Waals surface area contributed by atoms with E-state index in [1.807, 2.05) is 54.3 Å². The normalized spacial score (nSPS) is 16.3. The van der Waals surface area contributed by atoms with E-state index in [2.05, 4.69) is 10.3 Å². The minimum atomic E-state index is -0.0356. The molecule has 1 aromatic carbocycles. The Morgan fingerprint density at radius 2 is 2.07 bits per heavy atom. The van der Waals surface area contributed by atoms with Crippen LogP contribution < -0.4 is 5.32 Å². The fraction of sp³-hybridized carbons (Fsp3) is 0.455. The molecule has 1 aromatic heterocycles. The van der Waals surface area contributed by atoms with Gasteiger partial charge in [-0.25, -0.2) is 4.79 Å². The number of aromatic nitrogens is 1. The molecule has 2 amide bonds. The van der Waals surface area contributed by atoms with Gasteiger partial charge < -0.3 is 15.0 Å². The summed E-state index contributed by atoms with van der Waals surface area (Å²) >= 11 is 0. The summed E-state index contributed by atoms with van der Waals surface area (Å²) in [6.45, 7) is 5.55. The van der Waals surface area contributed by atoms with Crippen molar-refractivity contribution in [3.63, 3.8) is 0 Å². The van der Waals surface area contributed by atoms with Gasteiger partial charge in [0.1, 0.15) is 0 Å². The Labute approximate surface area is 161 Å². The molecule has 1 atom stereocenters. The molecule has 27 heavy (non-hydrogen) atoms. The second-order valence-electron chi connectivity index (χ2n) is 7.21. The molecule has 0 saturated carbocycles. The molecule has 1 aliphatic rings. The Kier molecular flexibility index (Phi) is 7.22. The highest BCUT2D eigenvalue weighted by atomic mass is 16.5. The van der Waals surface area contributed by atoms with Gasteiger partial charge in [-0.05, 0) is 49.3 Å². The zero-order chi connectivity index (χ0) is 18.9. The standard InChI is InChI=1S/C22H29N3O2/c1-18-7-5-12-23-21(18)16-25(15-19-8-3-2-4-9-19)22(26)24-13-6-10-20-11-14-27-17-20/h2-5,7-9,12,20H,6,10-11,13-17H2,1H3,(H,24,26). The van der Waals surface area contributed by atoms with Gasteiger partial charge in [0, 0.05) is 32.5 Å². The molecule has 144 valence electrons. The van der Waals surface area contributed by atoms with Crippen LogP contribution in [0.2, 0.25) is 0 Å². The summed E-state index contributed by atoms with van der Waals surface area (Å²) < 4.78 is 5.41. The van der Waals surface area contributed by atoms with Crippen molar-refractivity contribution in [2.75, 3.05) is 19.8 Å². The average molecular weight is 367 g/mol. The zero-order valence-corrected chi connectivity index (χ0v) is 16.1.